The van der Waals surface area contributed by atoms with E-state index in [1.807, 2.05) is 11.1 Å². The van der Waals surface area contributed by atoms with Crippen molar-refractivity contribution in [3.8, 4) is 0 Å². The van der Waals surface area contributed by atoms with Crippen molar-refractivity contribution in [1.82, 2.24) is 4.90 Å². The van der Waals surface area contributed by atoms with E-state index in [1.54, 1.807) is 0 Å². The molecule has 28 heavy (non-hydrogen) atoms. The van der Waals surface area contributed by atoms with Crippen LogP contribution in [0.5, 0.6) is 0 Å². The van der Waals surface area contributed by atoms with Gasteiger partial charge in [-0.2, -0.15) is 0 Å². The van der Waals surface area contributed by atoms with Crippen molar-refractivity contribution < 1.29 is 21.7 Å². The second kappa shape index (κ2) is 14.6. The molecule has 0 bridgehead atoms. The Bertz CT molecular complexity index is 438. The van der Waals surface area contributed by atoms with Crippen molar-refractivity contribution >= 4 is 8.24 Å². The van der Waals surface area contributed by atoms with Gasteiger partial charge >= 0.3 is 21.7 Å². The minimum atomic E-state index is -1.47. The van der Waals surface area contributed by atoms with Crippen LogP contribution in [0.3, 0.4) is 0 Å². The van der Waals surface area contributed by atoms with Gasteiger partial charge in [0.15, 0.2) is 0 Å². The fourth-order valence-corrected chi connectivity index (χ4v) is 9.13. The second-order valence-electron chi connectivity index (χ2n) is 9.43. The van der Waals surface area contributed by atoms with Gasteiger partial charge in [0.2, 0.25) is 0 Å². The Morgan fingerprint density at radius 2 is 1.50 bits per heavy atom. The quantitative estimate of drug-likeness (QED) is 0.247. The van der Waals surface area contributed by atoms with E-state index >= 15 is 0 Å². The largest absolute Gasteiger partial charge is 4.00 e. The zero-order chi connectivity index (χ0) is 17.8. The van der Waals surface area contributed by atoms with Gasteiger partial charge in [0.25, 0.3) is 0 Å². The van der Waals surface area contributed by atoms with Gasteiger partial charge in [-0.05, 0) is 77.0 Å². The molecule has 0 aromatic heterocycles. The van der Waals surface area contributed by atoms with E-state index < -0.39 is 8.24 Å². The third-order valence-electron chi connectivity index (χ3n) is 6.17. The van der Waals surface area contributed by atoms with Crippen LogP contribution in [0.1, 0.15) is 79.1 Å². The van der Waals surface area contributed by atoms with Crippen LogP contribution in [0.15, 0.2) is 11.1 Å². The van der Waals surface area contributed by atoms with E-state index in [-0.39, 0.29) is 49.5 Å². The Morgan fingerprint density at radius 3 is 1.93 bits per heavy atom. The molecule has 1 aliphatic heterocycles. The van der Waals surface area contributed by atoms with Gasteiger partial charge in [-0.15, -0.1) is 5.54 Å². The summed E-state index contributed by atoms with van der Waals surface area (Å²) in [5.74, 6) is 0. The number of rotatable bonds is 3. The fraction of sp³-hybridized carbons (Fsp3) is 0.792. The summed E-state index contributed by atoms with van der Waals surface area (Å²) in [6.07, 6.45) is 11.3. The molecule has 0 saturated carbocycles. The zero-order valence-electron chi connectivity index (χ0n) is 20.7. The molecule has 0 radical (unpaired) electrons. The van der Waals surface area contributed by atoms with E-state index in [1.165, 1.54) is 70.5 Å². The van der Waals surface area contributed by atoms with Gasteiger partial charge in [-0.25, -0.2) is 0 Å². The second-order valence-corrected chi connectivity index (χ2v) is 13.8. The Labute approximate surface area is 195 Å². The maximum absolute atomic E-state index is 5.34. The van der Waals surface area contributed by atoms with E-state index in [9.17, 15) is 0 Å². The van der Waals surface area contributed by atoms with Crippen LogP contribution in [0, 0.1) is 22.3 Å². The molecule has 2 atom stereocenters. The van der Waals surface area contributed by atoms with Crippen LogP contribution < -0.4 is 0 Å². The maximum atomic E-state index is 5.34. The van der Waals surface area contributed by atoms with Crippen LogP contribution >= 0.6 is 0 Å². The van der Waals surface area contributed by atoms with E-state index in [4.69, 9.17) is 4.98 Å². The van der Waals surface area contributed by atoms with Crippen molar-refractivity contribution in [1.29, 1.82) is 0 Å². The van der Waals surface area contributed by atoms with Crippen LogP contribution in [0.4, 0.5) is 0 Å². The average molecular weight is 443 g/mol. The molecule has 1 heterocycles. The van der Waals surface area contributed by atoms with E-state index in [0.717, 1.165) is 5.54 Å². The molecular weight excluding hydrogens is 392 g/mol. The van der Waals surface area contributed by atoms with Crippen LogP contribution in [-0.4, -0.2) is 38.8 Å². The first-order valence-corrected chi connectivity index (χ1v) is 13.1. The summed E-state index contributed by atoms with van der Waals surface area (Å²) in [7, 11) is 0.707. The maximum Gasteiger partial charge on any atom is 4.00 e. The Morgan fingerprint density at radius 1 is 0.964 bits per heavy atom. The average Bonchev–Trinajstić information content (AvgIpc) is 3.15. The first kappa shape index (κ1) is 33.2. The third kappa shape index (κ3) is 9.60. The zero-order valence-corrected chi connectivity index (χ0v) is 23.3. The molecule has 0 amide bonds. The molecule has 1 fully saturated rings. The first-order valence-electron chi connectivity index (χ1n) is 10.4. The summed E-state index contributed by atoms with van der Waals surface area (Å²) >= 11 is 0. The van der Waals surface area contributed by atoms with Crippen molar-refractivity contribution in [2.24, 2.45) is 0 Å². The molecule has 3 rings (SSSR count). The van der Waals surface area contributed by atoms with Crippen molar-refractivity contribution in [3.63, 3.8) is 0 Å². The minimum absolute atomic E-state index is 0. The molecule has 0 aromatic rings. The van der Waals surface area contributed by atoms with Crippen LogP contribution in [0.2, 0.25) is 18.1 Å². The Kier molecular flexibility index (Phi) is 17.3. The first-order chi connectivity index (χ1) is 11.2. The molecule has 164 valence electrons. The van der Waals surface area contributed by atoms with Crippen LogP contribution in [0.25, 0.3) is 4.98 Å². The molecule has 1 unspecified atom stereocenters. The molecule has 1 saturated heterocycles. The monoisotopic (exact) mass is 442 g/mol. The SMILES string of the molecule is CC[Si@](C)([N-]C(C)(C)C)C1CCC2=C1CCCC2.CN1CCCC1.[CH3-].[CH3-].[CH3-].[Ti+4]. The topological polar surface area (TPSA) is 17.3 Å². The summed E-state index contributed by atoms with van der Waals surface area (Å²) in [6, 6.07) is 1.31. The third-order valence-corrected chi connectivity index (χ3v) is 10.9. The number of hydrogen-bond donors (Lipinski definition) is 0. The van der Waals surface area contributed by atoms with Gasteiger partial charge in [0.1, 0.15) is 0 Å². The van der Waals surface area contributed by atoms with E-state index in [2.05, 4.69) is 46.2 Å². The van der Waals surface area contributed by atoms with Crippen LogP contribution in [-0.2, 0) is 21.7 Å². The number of nitrogens with zero attached hydrogens (tertiary/aromatic N) is 2. The molecule has 0 aromatic carbocycles. The van der Waals surface area contributed by atoms with Crippen molar-refractivity contribution in [2.45, 2.75) is 103 Å². The molecule has 0 spiro atoms. The predicted molar refractivity (Wildman–Crippen MR) is 130 cm³/mol. The normalized spacial score (nSPS) is 23.6. The van der Waals surface area contributed by atoms with Crippen molar-refractivity contribution in [2.75, 3.05) is 20.1 Å². The number of likely N-dealkylation sites (tertiary alicyclic amines) is 1. The van der Waals surface area contributed by atoms with E-state index in [0.29, 0.717) is 0 Å². The molecular formula is C24H50N2SiTi. The summed E-state index contributed by atoms with van der Waals surface area (Å²) in [6.45, 7) is 14.4. The molecule has 2 aliphatic carbocycles. The summed E-state index contributed by atoms with van der Waals surface area (Å²) in [5.41, 5.74) is 4.72. The molecule has 4 heteroatoms. The molecule has 3 aliphatic rings. The number of allylic oxidation sites excluding steroid dienone is 2. The molecule has 0 N–H and O–H groups in total. The predicted octanol–water partition coefficient (Wildman–Crippen LogP) is 7.85. The fourth-order valence-electron chi connectivity index (χ4n) is 4.92. The summed E-state index contributed by atoms with van der Waals surface area (Å²) in [5, 5.41) is 0. The standard InChI is InChI=1S/C16H30NSi.C5H11N.3CH3.Ti/c1-6-18(5,17-16(2,3)4)15-12-11-13-9-7-8-10-14(13)15;1-6-4-2-3-5-6;;;;/h15H,6-12H2,1-5H3;2-5H2,1H3;3*1H3;/q-1;;3*-1;+4/t15?,18-;;;;;/m0...../s1. The minimum Gasteiger partial charge on any atom is -0.659 e. The van der Waals surface area contributed by atoms with Gasteiger partial charge in [0, 0.05) is 0 Å². The Balaban J connectivity index is -0.000000543. The smallest absolute Gasteiger partial charge is 0.659 e. The van der Waals surface area contributed by atoms with Gasteiger partial charge in [-0.3, -0.25) is 0 Å². The van der Waals surface area contributed by atoms with Gasteiger partial charge < -0.3 is 32.2 Å². The number of hydrogen-bond acceptors (Lipinski definition) is 1. The summed E-state index contributed by atoms with van der Waals surface area (Å²) in [4.78, 5) is 7.70. The Hall–Kier alpha value is 0.591. The molecule has 2 nitrogen and oxygen atoms in total. The summed E-state index contributed by atoms with van der Waals surface area (Å²) < 4.78 is 0. The van der Waals surface area contributed by atoms with Gasteiger partial charge in [0.05, 0.1) is 0 Å². The van der Waals surface area contributed by atoms with Gasteiger partial charge in [-0.1, -0.05) is 59.7 Å². The van der Waals surface area contributed by atoms with Crippen molar-refractivity contribution in [3.05, 3.63) is 38.4 Å².